The van der Waals surface area contributed by atoms with Crippen LogP contribution in [0.1, 0.15) is 0 Å². The van der Waals surface area contributed by atoms with E-state index in [2.05, 4.69) is 15.3 Å². The zero-order valence-corrected chi connectivity index (χ0v) is 12.5. The molecule has 0 radical (unpaired) electrons. The van der Waals surface area contributed by atoms with E-state index < -0.39 is 0 Å². The van der Waals surface area contributed by atoms with Gasteiger partial charge in [-0.1, -0.05) is 18.2 Å². The van der Waals surface area contributed by atoms with Gasteiger partial charge in [0, 0.05) is 25.8 Å². The minimum Gasteiger partial charge on any atom is -0.361 e. The standard InChI is InChI=1S/C16H17N5O/c1-20(2)16-13(9-17-11-18-16)19-15(22)10-21-8-7-12-5-3-4-6-14(12)21/h3-9,11H,10H2,1-2H3,(H,19,22). The highest BCUT2D eigenvalue weighted by Crippen LogP contribution is 2.20. The van der Waals surface area contributed by atoms with Crippen molar-refractivity contribution in [1.82, 2.24) is 14.5 Å². The molecule has 2 heterocycles. The molecule has 0 saturated heterocycles. The van der Waals surface area contributed by atoms with E-state index in [0.29, 0.717) is 11.5 Å². The maximum atomic E-state index is 12.3. The minimum atomic E-state index is -0.112. The van der Waals surface area contributed by atoms with Crippen LogP contribution in [-0.2, 0) is 11.3 Å². The van der Waals surface area contributed by atoms with Crippen LogP contribution in [0.2, 0.25) is 0 Å². The van der Waals surface area contributed by atoms with Gasteiger partial charge in [-0.3, -0.25) is 4.79 Å². The third-order valence-electron chi connectivity index (χ3n) is 3.38. The molecular weight excluding hydrogens is 278 g/mol. The first-order valence-electron chi connectivity index (χ1n) is 6.96. The zero-order chi connectivity index (χ0) is 15.5. The molecule has 6 heteroatoms. The first-order chi connectivity index (χ1) is 10.6. The second-order valence-electron chi connectivity index (χ2n) is 5.21. The van der Waals surface area contributed by atoms with Crippen molar-refractivity contribution in [2.45, 2.75) is 6.54 Å². The first kappa shape index (κ1) is 14.1. The highest BCUT2D eigenvalue weighted by atomic mass is 16.1. The lowest BCUT2D eigenvalue weighted by Crippen LogP contribution is -2.21. The van der Waals surface area contributed by atoms with Crippen LogP contribution in [0, 0.1) is 0 Å². The van der Waals surface area contributed by atoms with Gasteiger partial charge in [-0.25, -0.2) is 9.97 Å². The van der Waals surface area contributed by atoms with Crippen LogP contribution in [0.15, 0.2) is 49.1 Å². The largest absolute Gasteiger partial charge is 0.361 e. The van der Waals surface area contributed by atoms with Crippen LogP contribution < -0.4 is 10.2 Å². The Morgan fingerprint density at radius 1 is 1.27 bits per heavy atom. The number of fused-ring (bicyclic) bond motifs is 1. The number of carbonyl (C=O) groups is 1. The lowest BCUT2D eigenvalue weighted by molar-refractivity contribution is -0.116. The summed E-state index contributed by atoms with van der Waals surface area (Å²) in [6.07, 6.45) is 4.98. The van der Waals surface area contributed by atoms with Crippen molar-refractivity contribution in [3.8, 4) is 0 Å². The van der Waals surface area contributed by atoms with Crippen molar-refractivity contribution < 1.29 is 4.79 Å². The number of nitrogens with zero attached hydrogens (tertiary/aromatic N) is 4. The quantitative estimate of drug-likeness (QED) is 0.801. The number of aromatic nitrogens is 3. The average molecular weight is 295 g/mol. The fourth-order valence-electron chi connectivity index (χ4n) is 2.39. The molecule has 0 aliphatic heterocycles. The van der Waals surface area contributed by atoms with Gasteiger partial charge in [-0.2, -0.15) is 0 Å². The molecule has 0 atom stereocenters. The van der Waals surface area contributed by atoms with E-state index in [1.165, 1.54) is 6.33 Å². The summed E-state index contributed by atoms with van der Waals surface area (Å²) in [7, 11) is 3.74. The van der Waals surface area contributed by atoms with Crippen LogP contribution >= 0.6 is 0 Å². The minimum absolute atomic E-state index is 0.112. The lowest BCUT2D eigenvalue weighted by Gasteiger charge is -2.15. The number of amides is 1. The smallest absolute Gasteiger partial charge is 0.244 e. The molecule has 112 valence electrons. The van der Waals surface area contributed by atoms with Gasteiger partial charge in [-0.05, 0) is 17.5 Å². The summed E-state index contributed by atoms with van der Waals surface area (Å²) in [5.41, 5.74) is 1.64. The fraction of sp³-hybridized carbons (Fsp3) is 0.188. The molecule has 22 heavy (non-hydrogen) atoms. The van der Waals surface area contributed by atoms with E-state index >= 15 is 0 Å². The van der Waals surface area contributed by atoms with Gasteiger partial charge in [0.15, 0.2) is 5.82 Å². The Kier molecular flexibility index (Phi) is 3.74. The number of hydrogen-bond acceptors (Lipinski definition) is 4. The van der Waals surface area contributed by atoms with Crippen LogP contribution in [0.5, 0.6) is 0 Å². The molecule has 0 aliphatic rings. The highest BCUT2D eigenvalue weighted by Gasteiger charge is 2.11. The Bertz CT molecular complexity index is 809. The van der Waals surface area contributed by atoms with E-state index in [9.17, 15) is 4.79 Å². The number of anilines is 2. The molecule has 0 aliphatic carbocycles. The Balaban J connectivity index is 1.79. The SMILES string of the molecule is CN(C)c1ncncc1NC(=O)Cn1ccc2ccccc21. The molecule has 0 fully saturated rings. The maximum absolute atomic E-state index is 12.3. The number of hydrogen-bond donors (Lipinski definition) is 1. The molecule has 3 rings (SSSR count). The van der Waals surface area contributed by atoms with E-state index in [-0.39, 0.29) is 12.5 Å². The first-order valence-corrected chi connectivity index (χ1v) is 6.96. The highest BCUT2D eigenvalue weighted by molar-refractivity contribution is 5.94. The summed E-state index contributed by atoms with van der Waals surface area (Å²) in [5, 5.41) is 3.99. The summed E-state index contributed by atoms with van der Waals surface area (Å²) in [6.45, 7) is 0.245. The molecule has 2 aromatic heterocycles. The number of rotatable bonds is 4. The molecule has 0 unspecified atom stereocenters. The van der Waals surface area contributed by atoms with Gasteiger partial charge < -0.3 is 14.8 Å². The van der Waals surface area contributed by atoms with E-state index in [4.69, 9.17) is 0 Å². The fourth-order valence-corrected chi connectivity index (χ4v) is 2.39. The second kappa shape index (κ2) is 5.85. The molecule has 0 saturated carbocycles. The molecule has 1 N–H and O–H groups in total. The summed E-state index contributed by atoms with van der Waals surface area (Å²) in [4.78, 5) is 22.3. The van der Waals surface area contributed by atoms with Crippen LogP contribution in [-0.4, -0.2) is 34.5 Å². The normalized spacial score (nSPS) is 10.6. The molecule has 0 spiro atoms. The van der Waals surface area contributed by atoms with Gasteiger partial charge in [0.25, 0.3) is 0 Å². The van der Waals surface area contributed by atoms with E-state index in [1.807, 2.05) is 60.1 Å². The second-order valence-corrected chi connectivity index (χ2v) is 5.21. The number of nitrogens with one attached hydrogen (secondary N) is 1. The van der Waals surface area contributed by atoms with Crippen molar-refractivity contribution in [3.05, 3.63) is 49.1 Å². The number of carbonyl (C=O) groups excluding carboxylic acids is 1. The molecule has 6 nitrogen and oxygen atoms in total. The summed E-state index contributed by atoms with van der Waals surface area (Å²) in [5.74, 6) is 0.569. The zero-order valence-electron chi connectivity index (χ0n) is 12.5. The average Bonchev–Trinajstić information content (AvgIpc) is 2.91. The summed E-state index contributed by atoms with van der Waals surface area (Å²) in [6, 6.07) is 9.97. The van der Waals surface area contributed by atoms with Crippen molar-refractivity contribution >= 4 is 28.3 Å². The Morgan fingerprint density at radius 3 is 2.91 bits per heavy atom. The van der Waals surface area contributed by atoms with Crippen LogP contribution in [0.3, 0.4) is 0 Å². The third kappa shape index (κ3) is 2.76. The van der Waals surface area contributed by atoms with Crippen molar-refractivity contribution in [2.75, 3.05) is 24.3 Å². The van der Waals surface area contributed by atoms with Crippen LogP contribution in [0.4, 0.5) is 11.5 Å². The molecular formula is C16H17N5O. The Hall–Kier alpha value is -2.89. The lowest BCUT2D eigenvalue weighted by atomic mass is 10.2. The molecule has 1 amide bonds. The van der Waals surface area contributed by atoms with E-state index in [1.54, 1.807) is 6.20 Å². The van der Waals surface area contributed by atoms with Gasteiger partial charge in [0.05, 0.1) is 6.20 Å². The topological polar surface area (TPSA) is 63.1 Å². The van der Waals surface area contributed by atoms with Gasteiger partial charge >= 0.3 is 0 Å². The summed E-state index contributed by atoms with van der Waals surface area (Å²) >= 11 is 0. The number of benzene rings is 1. The monoisotopic (exact) mass is 295 g/mol. The van der Waals surface area contributed by atoms with Gasteiger partial charge in [0.1, 0.15) is 18.6 Å². The van der Waals surface area contributed by atoms with Crippen LogP contribution in [0.25, 0.3) is 10.9 Å². The summed E-state index contributed by atoms with van der Waals surface area (Å²) < 4.78 is 1.92. The van der Waals surface area contributed by atoms with Crippen molar-refractivity contribution in [1.29, 1.82) is 0 Å². The Morgan fingerprint density at radius 2 is 2.09 bits per heavy atom. The number of para-hydroxylation sites is 1. The van der Waals surface area contributed by atoms with Crippen molar-refractivity contribution in [3.63, 3.8) is 0 Å². The third-order valence-corrected chi connectivity index (χ3v) is 3.38. The molecule has 3 aromatic rings. The Labute approximate surface area is 128 Å². The van der Waals surface area contributed by atoms with Crippen molar-refractivity contribution in [2.24, 2.45) is 0 Å². The predicted octanol–water partition coefficient (Wildman–Crippen LogP) is 2.14. The molecule has 1 aromatic carbocycles. The predicted molar refractivity (Wildman–Crippen MR) is 86.9 cm³/mol. The molecule has 0 bridgehead atoms. The van der Waals surface area contributed by atoms with E-state index in [0.717, 1.165) is 10.9 Å². The maximum Gasteiger partial charge on any atom is 0.244 e. The van der Waals surface area contributed by atoms with Gasteiger partial charge in [-0.15, -0.1) is 0 Å². The van der Waals surface area contributed by atoms with Gasteiger partial charge in [0.2, 0.25) is 5.91 Å².